The molecule has 0 fully saturated rings. The molecule has 0 aliphatic carbocycles. The summed E-state index contributed by atoms with van der Waals surface area (Å²) in [7, 11) is 0. The van der Waals surface area contributed by atoms with E-state index in [1.54, 1.807) is 12.1 Å². The van der Waals surface area contributed by atoms with Crippen molar-refractivity contribution in [2.75, 3.05) is 0 Å². The van der Waals surface area contributed by atoms with E-state index in [1.165, 1.54) is 10.8 Å². The number of benzene rings is 2. The number of aromatic hydroxyl groups is 1. The third-order valence-corrected chi connectivity index (χ3v) is 3.06. The SMILES string of the molecule is Oc1ccc(Cc2nccc3ccccc23)cc1. The van der Waals surface area contributed by atoms with Gasteiger partial charge in [-0.3, -0.25) is 4.98 Å². The fourth-order valence-corrected chi connectivity index (χ4v) is 2.13. The number of rotatable bonds is 2. The summed E-state index contributed by atoms with van der Waals surface area (Å²) in [5.74, 6) is 0.296. The summed E-state index contributed by atoms with van der Waals surface area (Å²) < 4.78 is 0. The van der Waals surface area contributed by atoms with Gasteiger partial charge in [-0.15, -0.1) is 0 Å². The fourth-order valence-electron chi connectivity index (χ4n) is 2.13. The third kappa shape index (κ3) is 2.05. The quantitative estimate of drug-likeness (QED) is 0.737. The molecule has 0 bridgehead atoms. The molecule has 0 spiro atoms. The monoisotopic (exact) mass is 235 g/mol. The summed E-state index contributed by atoms with van der Waals surface area (Å²) in [6.45, 7) is 0. The van der Waals surface area contributed by atoms with Crippen molar-refractivity contribution in [3.05, 3.63) is 72.1 Å². The van der Waals surface area contributed by atoms with E-state index in [9.17, 15) is 5.11 Å². The lowest BCUT2D eigenvalue weighted by molar-refractivity contribution is 0.475. The normalized spacial score (nSPS) is 10.7. The van der Waals surface area contributed by atoms with E-state index in [0.717, 1.165) is 17.7 Å². The first-order chi connectivity index (χ1) is 8.83. The zero-order chi connectivity index (χ0) is 12.4. The highest BCUT2D eigenvalue weighted by atomic mass is 16.3. The second kappa shape index (κ2) is 4.49. The summed E-state index contributed by atoms with van der Waals surface area (Å²) in [6, 6.07) is 17.6. The Morgan fingerprint density at radius 1 is 0.889 bits per heavy atom. The van der Waals surface area contributed by atoms with Gasteiger partial charge in [0.15, 0.2) is 0 Å². The molecule has 1 N–H and O–H groups in total. The first-order valence-electron chi connectivity index (χ1n) is 5.93. The zero-order valence-electron chi connectivity index (χ0n) is 9.88. The molecule has 0 radical (unpaired) electrons. The van der Waals surface area contributed by atoms with Gasteiger partial charge in [0.1, 0.15) is 5.75 Å². The molecule has 1 heterocycles. The summed E-state index contributed by atoms with van der Waals surface area (Å²) >= 11 is 0. The molecular formula is C16H13NO. The van der Waals surface area contributed by atoms with Crippen molar-refractivity contribution in [2.45, 2.75) is 6.42 Å². The van der Waals surface area contributed by atoms with E-state index in [1.807, 2.05) is 36.5 Å². The van der Waals surface area contributed by atoms with Crippen LogP contribution in [-0.2, 0) is 6.42 Å². The van der Waals surface area contributed by atoms with Crippen LogP contribution in [-0.4, -0.2) is 10.1 Å². The Labute approximate surface area is 106 Å². The van der Waals surface area contributed by atoms with Crippen LogP contribution in [0.15, 0.2) is 60.8 Å². The van der Waals surface area contributed by atoms with Gasteiger partial charge < -0.3 is 5.11 Å². The van der Waals surface area contributed by atoms with E-state index in [0.29, 0.717) is 5.75 Å². The van der Waals surface area contributed by atoms with Crippen molar-refractivity contribution in [2.24, 2.45) is 0 Å². The lowest BCUT2D eigenvalue weighted by Crippen LogP contribution is -1.93. The predicted octanol–water partition coefficient (Wildman–Crippen LogP) is 3.53. The highest BCUT2D eigenvalue weighted by Gasteiger charge is 2.03. The summed E-state index contributed by atoms with van der Waals surface area (Å²) in [5.41, 5.74) is 2.22. The minimum Gasteiger partial charge on any atom is -0.508 e. The second-order valence-corrected chi connectivity index (χ2v) is 4.32. The van der Waals surface area contributed by atoms with Crippen LogP contribution in [0.1, 0.15) is 11.3 Å². The Balaban J connectivity index is 2.02. The van der Waals surface area contributed by atoms with Crippen molar-refractivity contribution >= 4 is 10.8 Å². The Morgan fingerprint density at radius 2 is 1.67 bits per heavy atom. The van der Waals surface area contributed by atoms with E-state index in [4.69, 9.17) is 0 Å². The van der Waals surface area contributed by atoms with E-state index in [2.05, 4.69) is 17.1 Å². The molecule has 0 saturated heterocycles. The lowest BCUT2D eigenvalue weighted by atomic mass is 10.0. The van der Waals surface area contributed by atoms with E-state index >= 15 is 0 Å². The number of aromatic nitrogens is 1. The molecule has 0 atom stereocenters. The molecule has 0 unspecified atom stereocenters. The summed E-state index contributed by atoms with van der Waals surface area (Å²) in [4.78, 5) is 4.46. The Morgan fingerprint density at radius 3 is 2.50 bits per heavy atom. The molecular weight excluding hydrogens is 222 g/mol. The number of phenols is 1. The molecule has 0 amide bonds. The molecule has 0 aliphatic heterocycles. The zero-order valence-corrected chi connectivity index (χ0v) is 9.88. The van der Waals surface area contributed by atoms with Crippen molar-refractivity contribution in [3.63, 3.8) is 0 Å². The van der Waals surface area contributed by atoms with Crippen molar-refractivity contribution in [3.8, 4) is 5.75 Å². The minimum atomic E-state index is 0.296. The van der Waals surface area contributed by atoms with Crippen LogP contribution >= 0.6 is 0 Å². The maximum atomic E-state index is 9.28. The topological polar surface area (TPSA) is 33.1 Å². The first kappa shape index (κ1) is 10.8. The van der Waals surface area contributed by atoms with Gasteiger partial charge in [-0.2, -0.15) is 0 Å². The van der Waals surface area contributed by atoms with Gasteiger partial charge in [0, 0.05) is 18.0 Å². The molecule has 3 aromatic rings. The van der Waals surface area contributed by atoms with Crippen LogP contribution in [0.5, 0.6) is 5.75 Å². The molecule has 0 saturated carbocycles. The van der Waals surface area contributed by atoms with Crippen LogP contribution in [0.4, 0.5) is 0 Å². The number of hydrogen-bond acceptors (Lipinski definition) is 2. The number of hydrogen-bond donors (Lipinski definition) is 1. The molecule has 0 aliphatic rings. The van der Waals surface area contributed by atoms with Gasteiger partial charge in [0.05, 0.1) is 5.69 Å². The third-order valence-electron chi connectivity index (χ3n) is 3.06. The van der Waals surface area contributed by atoms with Crippen molar-refractivity contribution < 1.29 is 5.11 Å². The van der Waals surface area contributed by atoms with Gasteiger partial charge in [0.25, 0.3) is 0 Å². The number of fused-ring (bicyclic) bond motifs is 1. The Kier molecular flexibility index (Phi) is 2.69. The Bertz CT molecular complexity index is 669. The minimum absolute atomic E-state index is 0.296. The molecule has 2 aromatic carbocycles. The highest BCUT2D eigenvalue weighted by Crippen LogP contribution is 2.20. The average molecular weight is 235 g/mol. The summed E-state index contributed by atoms with van der Waals surface area (Å²) in [6.07, 6.45) is 2.62. The fraction of sp³-hybridized carbons (Fsp3) is 0.0625. The molecule has 2 nitrogen and oxygen atoms in total. The van der Waals surface area contributed by atoms with Gasteiger partial charge >= 0.3 is 0 Å². The number of pyridine rings is 1. The van der Waals surface area contributed by atoms with Crippen LogP contribution in [0, 0.1) is 0 Å². The average Bonchev–Trinajstić information content (AvgIpc) is 2.42. The lowest BCUT2D eigenvalue weighted by Gasteiger charge is -2.05. The number of phenolic OH excluding ortho intramolecular Hbond substituents is 1. The van der Waals surface area contributed by atoms with Gasteiger partial charge in [-0.05, 0) is 29.1 Å². The second-order valence-electron chi connectivity index (χ2n) is 4.32. The Hall–Kier alpha value is -2.35. The van der Waals surface area contributed by atoms with Crippen LogP contribution < -0.4 is 0 Å². The smallest absolute Gasteiger partial charge is 0.115 e. The van der Waals surface area contributed by atoms with Crippen LogP contribution in [0.3, 0.4) is 0 Å². The molecule has 3 rings (SSSR count). The van der Waals surface area contributed by atoms with E-state index < -0.39 is 0 Å². The molecule has 88 valence electrons. The maximum Gasteiger partial charge on any atom is 0.115 e. The van der Waals surface area contributed by atoms with Gasteiger partial charge in [-0.25, -0.2) is 0 Å². The summed E-state index contributed by atoms with van der Waals surface area (Å²) in [5, 5.41) is 11.7. The number of nitrogens with zero attached hydrogens (tertiary/aromatic N) is 1. The van der Waals surface area contributed by atoms with Crippen molar-refractivity contribution in [1.29, 1.82) is 0 Å². The van der Waals surface area contributed by atoms with Crippen LogP contribution in [0.2, 0.25) is 0 Å². The molecule has 18 heavy (non-hydrogen) atoms. The van der Waals surface area contributed by atoms with Crippen LogP contribution in [0.25, 0.3) is 10.8 Å². The maximum absolute atomic E-state index is 9.28. The first-order valence-corrected chi connectivity index (χ1v) is 5.93. The predicted molar refractivity (Wildman–Crippen MR) is 72.7 cm³/mol. The highest BCUT2D eigenvalue weighted by molar-refractivity contribution is 5.84. The molecule has 2 heteroatoms. The van der Waals surface area contributed by atoms with Crippen molar-refractivity contribution in [1.82, 2.24) is 4.98 Å². The largest absolute Gasteiger partial charge is 0.508 e. The molecule has 1 aromatic heterocycles. The van der Waals surface area contributed by atoms with Gasteiger partial charge in [-0.1, -0.05) is 36.4 Å². The van der Waals surface area contributed by atoms with E-state index in [-0.39, 0.29) is 0 Å². The van der Waals surface area contributed by atoms with Gasteiger partial charge in [0.2, 0.25) is 0 Å². The standard InChI is InChI=1S/C16H13NO/c18-14-7-5-12(6-8-14)11-16-15-4-2-1-3-13(15)9-10-17-16/h1-10,18H,11H2.